The van der Waals surface area contributed by atoms with Crippen LogP contribution in [0.4, 0.5) is 28.7 Å². The fourth-order valence-corrected chi connectivity index (χ4v) is 3.24. The normalized spacial score (nSPS) is 10.8. The van der Waals surface area contributed by atoms with E-state index in [9.17, 15) is 10.1 Å². The van der Waals surface area contributed by atoms with Gasteiger partial charge in [-0.1, -0.05) is 18.2 Å². The third kappa shape index (κ3) is 3.62. The highest BCUT2D eigenvalue weighted by Gasteiger charge is 2.24. The first-order chi connectivity index (χ1) is 14.4. The monoisotopic (exact) mass is 400 g/mol. The zero-order chi connectivity index (χ0) is 21.3. The summed E-state index contributed by atoms with van der Waals surface area (Å²) in [6.45, 7) is 5.85. The van der Waals surface area contributed by atoms with Crippen LogP contribution in [-0.2, 0) is 0 Å². The molecule has 2 heterocycles. The van der Waals surface area contributed by atoms with Crippen molar-refractivity contribution in [2.24, 2.45) is 0 Å². The second kappa shape index (κ2) is 7.75. The summed E-state index contributed by atoms with van der Waals surface area (Å²) >= 11 is 0. The van der Waals surface area contributed by atoms with Crippen molar-refractivity contribution in [3.8, 4) is 0 Å². The number of pyridine rings is 1. The minimum absolute atomic E-state index is 0.107. The number of nitrogens with zero attached hydrogens (tertiary/aromatic N) is 4. The number of rotatable bonds is 5. The van der Waals surface area contributed by atoms with E-state index >= 15 is 0 Å². The summed E-state index contributed by atoms with van der Waals surface area (Å²) in [6.07, 6.45) is 1.30. The second-order valence-corrected chi connectivity index (χ2v) is 7.00. The second-order valence-electron chi connectivity index (χ2n) is 7.00. The fraction of sp³-hybridized carbons (Fsp3) is 0.136. The standard InChI is InChI=1S/C22H20N6O2/c1-13-6-4-7-17(15(13)3)26-21-20(28(29)30)22(24-12-23-21)27-19-9-5-8-18-16(19)11-10-14(2)25-18/h4-12H,1-3H3,(H2,23,24,26,27). The molecule has 0 saturated carbocycles. The molecule has 0 amide bonds. The van der Waals surface area contributed by atoms with E-state index in [0.29, 0.717) is 5.69 Å². The smallest absolute Gasteiger partial charge is 0.334 e. The topological polar surface area (TPSA) is 106 Å². The van der Waals surface area contributed by atoms with Crippen molar-refractivity contribution in [3.63, 3.8) is 0 Å². The van der Waals surface area contributed by atoms with E-state index in [2.05, 4.69) is 25.6 Å². The van der Waals surface area contributed by atoms with E-state index in [1.165, 1.54) is 6.33 Å². The van der Waals surface area contributed by atoms with Crippen molar-refractivity contribution in [2.75, 3.05) is 10.6 Å². The van der Waals surface area contributed by atoms with Gasteiger partial charge in [0.1, 0.15) is 6.33 Å². The number of aryl methyl sites for hydroxylation is 2. The number of hydrogen-bond acceptors (Lipinski definition) is 7. The van der Waals surface area contributed by atoms with Gasteiger partial charge in [-0.15, -0.1) is 0 Å². The van der Waals surface area contributed by atoms with Crippen molar-refractivity contribution in [1.29, 1.82) is 0 Å². The van der Waals surface area contributed by atoms with Gasteiger partial charge in [0.05, 0.1) is 10.4 Å². The molecule has 0 atom stereocenters. The first kappa shape index (κ1) is 19.3. The van der Waals surface area contributed by atoms with Crippen LogP contribution in [0.5, 0.6) is 0 Å². The minimum Gasteiger partial charge on any atom is -0.334 e. The van der Waals surface area contributed by atoms with Gasteiger partial charge in [0.25, 0.3) is 0 Å². The van der Waals surface area contributed by atoms with Crippen LogP contribution < -0.4 is 10.6 Å². The molecule has 0 aliphatic carbocycles. The van der Waals surface area contributed by atoms with Gasteiger partial charge in [-0.05, 0) is 62.2 Å². The Kier molecular flexibility index (Phi) is 4.97. The van der Waals surface area contributed by atoms with Gasteiger partial charge in [-0.25, -0.2) is 9.97 Å². The zero-order valence-corrected chi connectivity index (χ0v) is 16.8. The van der Waals surface area contributed by atoms with Crippen molar-refractivity contribution < 1.29 is 4.92 Å². The molecule has 30 heavy (non-hydrogen) atoms. The van der Waals surface area contributed by atoms with Crippen molar-refractivity contribution in [1.82, 2.24) is 15.0 Å². The van der Waals surface area contributed by atoms with Crippen LogP contribution in [0.3, 0.4) is 0 Å². The van der Waals surface area contributed by atoms with E-state index in [1.807, 2.05) is 69.3 Å². The maximum absolute atomic E-state index is 11.9. The average Bonchev–Trinajstić information content (AvgIpc) is 2.71. The number of nitrogens with one attached hydrogen (secondary N) is 2. The highest BCUT2D eigenvalue weighted by atomic mass is 16.6. The van der Waals surface area contributed by atoms with E-state index in [-0.39, 0.29) is 17.3 Å². The van der Waals surface area contributed by atoms with Gasteiger partial charge < -0.3 is 10.6 Å². The SMILES string of the molecule is Cc1ccc2c(Nc3ncnc(Nc4cccc(C)c4C)c3[N+](=O)[O-])cccc2n1. The molecule has 0 aliphatic heterocycles. The third-order valence-corrected chi connectivity index (χ3v) is 4.99. The molecule has 2 N–H and O–H groups in total. The van der Waals surface area contributed by atoms with Crippen molar-refractivity contribution >= 4 is 39.6 Å². The third-order valence-electron chi connectivity index (χ3n) is 4.99. The lowest BCUT2D eigenvalue weighted by molar-refractivity contribution is -0.383. The van der Waals surface area contributed by atoms with E-state index in [1.54, 1.807) is 0 Å². The number of fused-ring (bicyclic) bond motifs is 1. The summed E-state index contributed by atoms with van der Waals surface area (Å²) in [6, 6.07) is 15.1. The Hall–Kier alpha value is -4.07. The Morgan fingerprint density at radius 2 is 1.53 bits per heavy atom. The molecule has 0 saturated heterocycles. The van der Waals surface area contributed by atoms with Crippen LogP contribution in [0.2, 0.25) is 0 Å². The van der Waals surface area contributed by atoms with Crippen molar-refractivity contribution in [2.45, 2.75) is 20.8 Å². The Labute approximate surface area is 173 Å². The highest BCUT2D eigenvalue weighted by Crippen LogP contribution is 2.35. The summed E-state index contributed by atoms with van der Waals surface area (Å²) in [5, 5.41) is 18.9. The van der Waals surface area contributed by atoms with Gasteiger partial charge in [0, 0.05) is 22.5 Å². The lowest BCUT2D eigenvalue weighted by atomic mass is 10.1. The molecule has 0 fully saturated rings. The summed E-state index contributed by atoms with van der Waals surface area (Å²) in [4.78, 5) is 24.2. The Morgan fingerprint density at radius 1 is 0.867 bits per heavy atom. The lowest BCUT2D eigenvalue weighted by Gasteiger charge is -2.13. The first-order valence-electron chi connectivity index (χ1n) is 9.40. The van der Waals surface area contributed by atoms with Crippen LogP contribution in [0.25, 0.3) is 10.9 Å². The molecule has 0 aliphatic rings. The van der Waals surface area contributed by atoms with E-state index in [4.69, 9.17) is 0 Å². The molecule has 8 nitrogen and oxygen atoms in total. The molecule has 0 spiro atoms. The average molecular weight is 400 g/mol. The van der Waals surface area contributed by atoms with Gasteiger partial charge >= 0.3 is 5.69 Å². The predicted octanol–water partition coefficient (Wildman–Crippen LogP) is 5.35. The number of benzene rings is 2. The molecule has 150 valence electrons. The molecular weight excluding hydrogens is 380 g/mol. The molecule has 2 aromatic heterocycles. The molecule has 0 unspecified atom stereocenters. The van der Waals surface area contributed by atoms with Crippen LogP contribution >= 0.6 is 0 Å². The van der Waals surface area contributed by atoms with Gasteiger partial charge in [-0.2, -0.15) is 0 Å². The van der Waals surface area contributed by atoms with E-state index < -0.39 is 4.92 Å². The predicted molar refractivity (Wildman–Crippen MR) is 118 cm³/mol. The van der Waals surface area contributed by atoms with Gasteiger partial charge in [0.15, 0.2) is 0 Å². The molecule has 8 heteroatoms. The molecular formula is C22H20N6O2. The molecule has 4 aromatic rings. The zero-order valence-electron chi connectivity index (χ0n) is 16.8. The van der Waals surface area contributed by atoms with Crippen LogP contribution in [0.1, 0.15) is 16.8 Å². The maximum atomic E-state index is 11.9. The summed E-state index contributed by atoms with van der Waals surface area (Å²) in [5.41, 5.74) is 4.98. The fourth-order valence-electron chi connectivity index (χ4n) is 3.24. The van der Waals surface area contributed by atoms with E-state index in [0.717, 1.165) is 33.4 Å². The summed E-state index contributed by atoms with van der Waals surface area (Å²) in [7, 11) is 0. The molecule has 0 radical (unpaired) electrons. The Balaban J connectivity index is 1.77. The largest absolute Gasteiger partial charge is 0.353 e. The quantitative estimate of drug-likeness (QED) is 0.344. The van der Waals surface area contributed by atoms with Crippen LogP contribution in [-0.4, -0.2) is 19.9 Å². The molecule has 2 aromatic carbocycles. The Morgan fingerprint density at radius 3 is 2.27 bits per heavy atom. The molecule has 0 bridgehead atoms. The lowest BCUT2D eigenvalue weighted by Crippen LogP contribution is -2.06. The summed E-state index contributed by atoms with van der Waals surface area (Å²) in [5.74, 6) is 0.233. The first-order valence-corrected chi connectivity index (χ1v) is 9.40. The highest BCUT2D eigenvalue weighted by molar-refractivity contribution is 5.94. The Bertz CT molecular complexity index is 1270. The van der Waals surface area contributed by atoms with Crippen LogP contribution in [0.15, 0.2) is 54.9 Å². The van der Waals surface area contributed by atoms with Crippen molar-refractivity contribution in [3.05, 3.63) is 81.8 Å². The van der Waals surface area contributed by atoms with Crippen LogP contribution in [0, 0.1) is 30.9 Å². The summed E-state index contributed by atoms with van der Waals surface area (Å²) < 4.78 is 0. The molecule has 4 rings (SSSR count). The maximum Gasteiger partial charge on any atom is 0.353 e. The number of aromatic nitrogens is 3. The van der Waals surface area contributed by atoms with Gasteiger partial charge in [0.2, 0.25) is 11.6 Å². The minimum atomic E-state index is -0.483. The number of hydrogen-bond donors (Lipinski definition) is 2. The number of nitro groups is 1. The number of anilines is 4. The van der Waals surface area contributed by atoms with Gasteiger partial charge in [-0.3, -0.25) is 15.1 Å².